The maximum atomic E-state index is 14.5. The number of rotatable bonds is 11. The van der Waals surface area contributed by atoms with Gasteiger partial charge in [0.25, 0.3) is 0 Å². The highest BCUT2D eigenvalue weighted by molar-refractivity contribution is 5.88. The Labute approximate surface area is 230 Å². The molecular formula is C27H35FN4O8. The van der Waals surface area contributed by atoms with Crippen LogP contribution in [0.1, 0.15) is 49.4 Å². The van der Waals surface area contributed by atoms with Gasteiger partial charge in [-0.3, -0.25) is 24.0 Å². The maximum Gasteiger partial charge on any atom is 0.336 e. The summed E-state index contributed by atoms with van der Waals surface area (Å²) in [6, 6.07) is 6.75. The molecule has 0 bridgehead atoms. The van der Waals surface area contributed by atoms with E-state index in [1.54, 1.807) is 12.1 Å². The molecule has 5 N–H and O–H groups in total. The Hall–Kier alpha value is -4.10. The minimum atomic E-state index is -2.74. The van der Waals surface area contributed by atoms with Crippen LogP contribution in [-0.4, -0.2) is 77.6 Å². The first-order valence-corrected chi connectivity index (χ1v) is 12.5. The van der Waals surface area contributed by atoms with Crippen LogP contribution in [0.25, 0.3) is 0 Å². The van der Waals surface area contributed by atoms with Gasteiger partial charge in [-0.15, -0.1) is 6.58 Å². The van der Waals surface area contributed by atoms with E-state index < -0.39 is 41.9 Å². The van der Waals surface area contributed by atoms with Gasteiger partial charge in [0, 0.05) is 43.4 Å². The number of aliphatic hydroxyl groups is 1. The molecular weight excluding hydrogens is 527 g/mol. The van der Waals surface area contributed by atoms with Crippen molar-refractivity contribution in [3.8, 4) is 0 Å². The molecule has 40 heavy (non-hydrogen) atoms. The van der Waals surface area contributed by atoms with Crippen LogP contribution >= 0.6 is 0 Å². The van der Waals surface area contributed by atoms with Gasteiger partial charge in [-0.2, -0.15) is 5.10 Å². The Balaban J connectivity index is 0.000000366. The number of carbonyl (C=O) groups excluding carboxylic acids is 1. The number of amides is 1. The van der Waals surface area contributed by atoms with E-state index in [1.165, 1.54) is 18.6 Å². The third-order valence-electron chi connectivity index (χ3n) is 6.70. The van der Waals surface area contributed by atoms with Gasteiger partial charge in [0.05, 0.1) is 31.1 Å². The molecule has 218 valence electrons. The van der Waals surface area contributed by atoms with Crippen LogP contribution in [0.15, 0.2) is 43.1 Å². The summed E-state index contributed by atoms with van der Waals surface area (Å²) in [4.78, 5) is 44.6. The molecule has 2 heterocycles. The lowest BCUT2D eigenvalue weighted by Gasteiger charge is -2.42. The van der Waals surface area contributed by atoms with Gasteiger partial charge in [0.2, 0.25) is 5.91 Å². The normalized spacial score (nSPS) is 14.9. The molecule has 13 heteroatoms. The highest BCUT2D eigenvalue weighted by atomic mass is 19.1. The molecule has 1 aromatic carbocycles. The van der Waals surface area contributed by atoms with Gasteiger partial charge >= 0.3 is 17.9 Å². The molecule has 3 rings (SSSR count). The number of allylic oxidation sites excluding steroid dienone is 1. The molecule has 1 aliphatic heterocycles. The van der Waals surface area contributed by atoms with Crippen molar-refractivity contribution in [3.05, 3.63) is 65.8 Å². The highest BCUT2D eigenvalue weighted by Crippen LogP contribution is 2.35. The number of aromatic nitrogens is 2. The fraction of sp³-hybridized carbons (Fsp3) is 0.444. The topological polar surface area (TPSA) is 182 Å². The zero-order chi connectivity index (χ0) is 30.1. The molecule has 1 aromatic heterocycles. The van der Waals surface area contributed by atoms with E-state index in [2.05, 4.69) is 28.8 Å². The lowest BCUT2D eigenvalue weighted by atomic mass is 9.80. The Kier molecular flexibility index (Phi) is 11.1. The third-order valence-corrected chi connectivity index (χ3v) is 6.70. The highest BCUT2D eigenvalue weighted by Gasteiger charge is 2.41. The second kappa shape index (κ2) is 13.8. The molecule has 1 saturated heterocycles. The van der Waals surface area contributed by atoms with E-state index in [1.807, 2.05) is 23.0 Å². The monoisotopic (exact) mass is 562 g/mol. The van der Waals surface area contributed by atoms with Gasteiger partial charge < -0.3 is 25.7 Å². The van der Waals surface area contributed by atoms with Crippen LogP contribution in [0.2, 0.25) is 0 Å². The third kappa shape index (κ3) is 8.45. The molecule has 0 saturated carbocycles. The Morgan fingerprint density at radius 2 is 1.70 bits per heavy atom. The molecule has 2 aromatic rings. The van der Waals surface area contributed by atoms with Crippen molar-refractivity contribution >= 4 is 23.8 Å². The molecule has 1 aliphatic rings. The molecule has 1 amide bonds. The predicted octanol–water partition coefficient (Wildman–Crippen LogP) is 1.90. The number of aliphatic carboxylic acids is 3. The number of carboxylic acid groups (broad SMARTS) is 3. The number of hydrogen-bond donors (Lipinski definition) is 5. The number of likely N-dealkylation sites (tertiary alicyclic amines) is 1. The first-order valence-electron chi connectivity index (χ1n) is 12.5. The Morgan fingerprint density at radius 1 is 1.12 bits per heavy atom. The Bertz CT molecular complexity index is 1220. The summed E-state index contributed by atoms with van der Waals surface area (Å²) in [5, 5.41) is 41.3. The lowest BCUT2D eigenvalue weighted by molar-refractivity contribution is -0.170. The van der Waals surface area contributed by atoms with Crippen molar-refractivity contribution < 1.29 is 44.0 Å². The van der Waals surface area contributed by atoms with Gasteiger partial charge in [-0.1, -0.05) is 24.3 Å². The first-order chi connectivity index (χ1) is 18.7. The van der Waals surface area contributed by atoms with Gasteiger partial charge in [-0.05, 0) is 25.8 Å². The minimum Gasteiger partial charge on any atom is -0.481 e. The van der Waals surface area contributed by atoms with Crippen LogP contribution in [0, 0.1) is 12.7 Å². The van der Waals surface area contributed by atoms with Crippen molar-refractivity contribution in [1.82, 2.24) is 20.0 Å². The van der Waals surface area contributed by atoms with Crippen LogP contribution in [0.4, 0.5) is 4.39 Å². The van der Waals surface area contributed by atoms with Gasteiger partial charge in [0.15, 0.2) is 5.60 Å². The lowest BCUT2D eigenvalue weighted by Crippen LogP contribution is -2.52. The molecule has 1 fully saturated rings. The van der Waals surface area contributed by atoms with Gasteiger partial charge in [-0.25, -0.2) is 9.18 Å². The average Bonchev–Trinajstić information content (AvgIpc) is 3.19. The van der Waals surface area contributed by atoms with Crippen molar-refractivity contribution in [2.24, 2.45) is 0 Å². The number of halogens is 1. The molecule has 12 nitrogen and oxygen atoms in total. The summed E-state index contributed by atoms with van der Waals surface area (Å²) in [7, 11) is 0. The van der Waals surface area contributed by atoms with E-state index >= 15 is 0 Å². The van der Waals surface area contributed by atoms with E-state index in [4.69, 9.17) is 20.4 Å². The fourth-order valence-corrected chi connectivity index (χ4v) is 4.64. The second-order valence-electron chi connectivity index (χ2n) is 9.72. The van der Waals surface area contributed by atoms with Crippen molar-refractivity contribution in [1.29, 1.82) is 0 Å². The van der Waals surface area contributed by atoms with Crippen molar-refractivity contribution in [2.45, 2.75) is 63.8 Å². The molecule has 0 unspecified atom stereocenters. The average molecular weight is 563 g/mol. The summed E-state index contributed by atoms with van der Waals surface area (Å²) >= 11 is 0. The van der Waals surface area contributed by atoms with E-state index in [0.29, 0.717) is 24.9 Å². The largest absolute Gasteiger partial charge is 0.481 e. The van der Waals surface area contributed by atoms with E-state index in [-0.39, 0.29) is 11.7 Å². The fourth-order valence-electron chi connectivity index (χ4n) is 4.64. The van der Waals surface area contributed by atoms with Gasteiger partial charge in [0.1, 0.15) is 5.82 Å². The zero-order valence-corrected chi connectivity index (χ0v) is 22.5. The Morgan fingerprint density at radius 3 is 2.17 bits per heavy atom. The zero-order valence-electron chi connectivity index (χ0n) is 22.5. The van der Waals surface area contributed by atoms with Crippen molar-refractivity contribution in [2.75, 3.05) is 13.1 Å². The first kappa shape index (κ1) is 32.1. The number of benzene rings is 1. The number of piperidine rings is 1. The molecule has 0 radical (unpaired) electrons. The molecule has 0 spiro atoms. The van der Waals surface area contributed by atoms with Crippen molar-refractivity contribution in [3.63, 3.8) is 0 Å². The summed E-state index contributed by atoms with van der Waals surface area (Å²) in [6.07, 6.45) is 2.80. The minimum absolute atomic E-state index is 0.131. The van der Waals surface area contributed by atoms with Crippen LogP contribution in [-0.2, 0) is 37.8 Å². The molecule has 0 atom stereocenters. The van der Waals surface area contributed by atoms with Crippen LogP contribution < -0.4 is 5.32 Å². The van der Waals surface area contributed by atoms with E-state index in [0.717, 1.165) is 25.3 Å². The number of carbonyl (C=O) groups is 4. The standard InChI is InChI=1S/C21H27FN4O.C6H8O7/c1-4-11-26-16(2)18(14-23-26)15-25-12-9-21(10-13-25,24-17(3)27)19-7-5-6-8-20(19)22;7-3(8)1-6(13,5(11)12)2-4(9)10/h4-8,14H,1,9-13,15H2,2-3H3,(H,24,27);13H,1-2H2,(H,7,8)(H,9,10)(H,11,12). The quantitative estimate of drug-likeness (QED) is 0.254. The molecule has 0 aliphatic carbocycles. The van der Waals surface area contributed by atoms with Crippen LogP contribution in [0.5, 0.6) is 0 Å². The summed E-state index contributed by atoms with van der Waals surface area (Å²) in [5.74, 6) is -5.41. The summed E-state index contributed by atoms with van der Waals surface area (Å²) in [6.45, 7) is 10.4. The number of nitrogens with zero attached hydrogens (tertiary/aromatic N) is 3. The second-order valence-corrected chi connectivity index (χ2v) is 9.72. The number of hydrogen-bond acceptors (Lipinski definition) is 7. The number of nitrogens with one attached hydrogen (secondary N) is 1. The summed E-state index contributed by atoms with van der Waals surface area (Å²) < 4.78 is 16.4. The smallest absolute Gasteiger partial charge is 0.336 e. The maximum absolute atomic E-state index is 14.5. The van der Waals surface area contributed by atoms with E-state index in [9.17, 15) is 23.6 Å². The predicted molar refractivity (Wildman–Crippen MR) is 141 cm³/mol. The SMILES string of the molecule is C=CCn1ncc(CN2CCC(NC(C)=O)(c3ccccc3F)CC2)c1C.O=C(O)CC(O)(CC(=O)O)C(=O)O. The number of carboxylic acids is 3. The summed E-state index contributed by atoms with van der Waals surface area (Å²) in [5.41, 5.74) is -0.472. The van der Waals surface area contributed by atoms with Crippen LogP contribution in [0.3, 0.4) is 0 Å².